The Kier molecular flexibility index (Phi) is 3.43. The van der Waals surface area contributed by atoms with Crippen molar-refractivity contribution in [3.63, 3.8) is 0 Å². The Morgan fingerprint density at radius 2 is 2.05 bits per heavy atom. The number of nitrogens with one attached hydrogen (secondary N) is 1. The van der Waals surface area contributed by atoms with Crippen LogP contribution in [0.1, 0.15) is 38.7 Å². The molecule has 1 aromatic rings. The number of fused-ring (bicyclic) bond motifs is 2. The molecule has 1 N–H and O–H groups in total. The Hall–Kier alpha value is -1.57. The van der Waals surface area contributed by atoms with Crippen LogP contribution in [-0.2, 0) is 11.2 Å². The van der Waals surface area contributed by atoms with Crippen LogP contribution < -0.4 is 5.32 Å². The van der Waals surface area contributed by atoms with Crippen molar-refractivity contribution in [2.45, 2.75) is 39.5 Å². The van der Waals surface area contributed by atoms with Gasteiger partial charge in [0, 0.05) is 6.54 Å². The Morgan fingerprint density at radius 1 is 1.33 bits per heavy atom. The van der Waals surface area contributed by atoms with Crippen LogP contribution in [0.2, 0.25) is 0 Å². The topological polar surface area (TPSA) is 29.1 Å². The Morgan fingerprint density at radius 3 is 2.67 bits per heavy atom. The zero-order valence-corrected chi connectivity index (χ0v) is 13.1. The maximum atomic E-state index is 12.7. The van der Waals surface area contributed by atoms with Crippen molar-refractivity contribution in [2.24, 2.45) is 16.7 Å². The summed E-state index contributed by atoms with van der Waals surface area (Å²) in [5, 5.41) is 3.16. The minimum absolute atomic E-state index is 0.120. The van der Waals surface area contributed by atoms with E-state index in [-0.39, 0.29) is 16.7 Å². The van der Waals surface area contributed by atoms with Crippen molar-refractivity contribution in [1.82, 2.24) is 5.32 Å². The molecule has 1 amide bonds. The van der Waals surface area contributed by atoms with Crippen molar-refractivity contribution < 1.29 is 4.79 Å². The third kappa shape index (κ3) is 2.21. The predicted octanol–water partition coefficient (Wildman–Crippen LogP) is 3.73. The van der Waals surface area contributed by atoms with Crippen molar-refractivity contribution in [2.75, 3.05) is 6.54 Å². The second-order valence-corrected chi connectivity index (χ2v) is 7.21. The predicted molar refractivity (Wildman–Crippen MR) is 85.9 cm³/mol. The van der Waals surface area contributed by atoms with E-state index < -0.39 is 0 Å². The van der Waals surface area contributed by atoms with Crippen molar-refractivity contribution in [1.29, 1.82) is 0 Å². The monoisotopic (exact) mass is 283 g/mol. The van der Waals surface area contributed by atoms with Gasteiger partial charge in [0.25, 0.3) is 0 Å². The van der Waals surface area contributed by atoms with Crippen molar-refractivity contribution in [3.8, 4) is 0 Å². The molecule has 2 bridgehead atoms. The van der Waals surface area contributed by atoms with E-state index in [2.05, 4.69) is 37.9 Å². The van der Waals surface area contributed by atoms with Gasteiger partial charge in [0.2, 0.25) is 5.91 Å². The molecule has 0 radical (unpaired) electrons. The van der Waals surface area contributed by atoms with Crippen LogP contribution in [0.3, 0.4) is 0 Å². The molecule has 2 saturated carbocycles. The molecule has 0 heterocycles. The summed E-state index contributed by atoms with van der Waals surface area (Å²) in [4.78, 5) is 12.7. The molecule has 0 aliphatic heterocycles. The minimum Gasteiger partial charge on any atom is -0.355 e. The maximum Gasteiger partial charge on any atom is 0.230 e. The molecule has 0 aromatic heterocycles. The van der Waals surface area contributed by atoms with Crippen LogP contribution in [-0.4, -0.2) is 12.5 Å². The first-order valence-electron chi connectivity index (χ1n) is 7.99. The lowest BCUT2D eigenvalue weighted by Gasteiger charge is -2.37. The molecular weight excluding hydrogens is 258 g/mol. The van der Waals surface area contributed by atoms with E-state index in [1.807, 2.05) is 18.2 Å². The second-order valence-electron chi connectivity index (χ2n) is 7.21. The second kappa shape index (κ2) is 5.01. The molecule has 2 atom stereocenters. The summed E-state index contributed by atoms with van der Waals surface area (Å²) in [5.41, 5.74) is 2.26. The zero-order valence-electron chi connectivity index (χ0n) is 13.1. The normalized spacial score (nSPS) is 29.6. The molecule has 112 valence electrons. The van der Waals surface area contributed by atoms with Crippen LogP contribution in [0.4, 0.5) is 0 Å². The lowest BCUT2D eigenvalue weighted by molar-refractivity contribution is -0.128. The highest BCUT2D eigenvalue weighted by Gasteiger charge is 2.60. The molecular formula is C19H25NO. The third-order valence-corrected chi connectivity index (χ3v) is 5.87. The number of amides is 1. The van der Waals surface area contributed by atoms with E-state index in [0.29, 0.717) is 12.5 Å². The Bertz CT molecular complexity index is 560. The molecule has 2 fully saturated rings. The standard InChI is InChI=1S/C19H25NO/c1-14-18(2,3)16-9-11-19(14,13-16)17(21)20-12-10-15-7-5-4-6-8-15/h4-8,16H,1,9-13H2,2-3H3,(H,20,21)/t16-,19-/m1/s1. The van der Waals surface area contributed by atoms with E-state index in [1.54, 1.807) is 0 Å². The minimum atomic E-state index is -0.287. The highest BCUT2D eigenvalue weighted by molar-refractivity contribution is 5.87. The van der Waals surface area contributed by atoms with Gasteiger partial charge >= 0.3 is 0 Å². The molecule has 3 rings (SSSR count). The van der Waals surface area contributed by atoms with Crippen LogP contribution in [0.25, 0.3) is 0 Å². The summed E-state index contributed by atoms with van der Waals surface area (Å²) in [5.74, 6) is 0.835. The number of carbonyl (C=O) groups excluding carboxylic acids is 1. The van der Waals surface area contributed by atoms with Crippen LogP contribution in [0, 0.1) is 16.7 Å². The fraction of sp³-hybridized carbons (Fsp3) is 0.526. The number of hydrogen-bond acceptors (Lipinski definition) is 1. The molecule has 0 unspecified atom stereocenters. The Balaban J connectivity index is 1.62. The smallest absolute Gasteiger partial charge is 0.230 e. The fourth-order valence-electron chi connectivity index (χ4n) is 4.28. The lowest BCUT2D eigenvalue weighted by Crippen LogP contribution is -2.42. The summed E-state index contributed by atoms with van der Waals surface area (Å²) in [7, 11) is 0. The first kappa shape index (κ1) is 14.4. The van der Waals surface area contributed by atoms with Gasteiger partial charge in [0.15, 0.2) is 0 Å². The number of benzene rings is 1. The van der Waals surface area contributed by atoms with E-state index in [9.17, 15) is 4.79 Å². The molecule has 2 heteroatoms. The highest BCUT2D eigenvalue weighted by Crippen LogP contribution is 2.65. The molecule has 2 nitrogen and oxygen atoms in total. The van der Waals surface area contributed by atoms with Gasteiger partial charge in [-0.3, -0.25) is 4.79 Å². The highest BCUT2D eigenvalue weighted by atomic mass is 16.2. The fourth-order valence-corrected chi connectivity index (χ4v) is 4.28. The van der Waals surface area contributed by atoms with Crippen LogP contribution >= 0.6 is 0 Å². The van der Waals surface area contributed by atoms with Gasteiger partial charge in [-0.25, -0.2) is 0 Å². The van der Waals surface area contributed by atoms with Crippen LogP contribution in [0.5, 0.6) is 0 Å². The van der Waals surface area contributed by atoms with E-state index >= 15 is 0 Å². The first-order valence-corrected chi connectivity index (χ1v) is 7.99. The van der Waals surface area contributed by atoms with Gasteiger partial charge in [-0.05, 0) is 42.6 Å². The molecule has 2 aliphatic rings. The van der Waals surface area contributed by atoms with Crippen molar-refractivity contribution in [3.05, 3.63) is 48.0 Å². The maximum absolute atomic E-state index is 12.7. The lowest BCUT2D eigenvalue weighted by atomic mass is 9.68. The van der Waals surface area contributed by atoms with Crippen molar-refractivity contribution >= 4 is 5.91 Å². The number of hydrogen-bond donors (Lipinski definition) is 1. The quantitative estimate of drug-likeness (QED) is 0.838. The zero-order chi connectivity index (χ0) is 15.1. The van der Waals surface area contributed by atoms with E-state index in [1.165, 1.54) is 5.56 Å². The van der Waals surface area contributed by atoms with Gasteiger partial charge in [0.1, 0.15) is 0 Å². The number of rotatable bonds is 4. The molecule has 0 saturated heterocycles. The van der Waals surface area contributed by atoms with Gasteiger partial charge in [-0.1, -0.05) is 56.3 Å². The SMILES string of the molecule is C=C1C(C)(C)[C@@H]2CC[C@@]1(C(=O)NCCc1ccccc1)C2. The average molecular weight is 283 g/mol. The molecule has 0 spiro atoms. The van der Waals surface area contributed by atoms with Gasteiger partial charge in [-0.2, -0.15) is 0 Å². The summed E-state index contributed by atoms with van der Waals surface area (Å²) < 4.78 is 0. The third-order valence-electron chi connectivity index (χ3n) is 5.87. The van der Waals surface area contributed by atoms with Crippen LogP contribution in [0.15, 0.2) is 42.5 Å². The summed E-state index contributed by atoms with van der Waals surface area (Å²) in [6, 6.07) is 10.3. The average Bonchev–Trinajstić information content (AvgIpc) is 3.00. The molecule has 21 heavy (non-hydrogen) atoms. The Labute approximate surface area is 127 Å². The first-order chi connectivity index (χ1) is 9.97. The number of carbonyl (C=O) groups is 1. The van der Waals surface area contributed by atoms with Gasteiger partial charge < -0.3 is 5.32 Å². The van der Waals surface area contributed by atoms with Gasteiger partial charge in [-0.15, -0.1) is 0 Å². The van der Waals surface area contributed by atoms with Gasteiger partial charge in [0.05, 0.1) is 5.41 Å². The summed E-state index contributed by atoms with van der Waals surface area (Å²) >= 11 is 0. The van der Waals surface area contributed by atoms with E-state index in [4.69, 9.17) is 0 Å². The van der Waals surface area contributed by atoms with E-state index in [0.717, 1.165) is 31.3 Å². The summed E-state index contributed by atoms with van der Waals surface area (Å²) in [6.07, 6.45) is 4.03. The molecule has 2 aliphatic carbocycles. The summed E-state index contributed by atoms with van der Waals surface area (Å²) in [6.45, 7) is 9.50. The largest absolute Gasteiger partial charge is 0.355 e. The molecule has 1 aromatic carbocycles.